The molecule has 2 aliphatic rings. The summed E-state index contributed by atoms with van der Waals surface area (Å²) in [5.74, 6) is 0.324. The molecule has 2 saturated heterocycles. The molecule has 2 fully saturated rings. The highest BCUT2D eigenvalue weighted by Gasteiger charge is 2.42. The van der Waals surface area contributed by atoms with Crippen LogP contribution in [0, 0.1) is 0 Å². The van der Waals surface area contributed by atoms with Crippen LogP contribution in [0.15, 0.2) is 60.7 Å². The van der Waals surface area contributed by atoms with Crippen LogP contribution in [0.5, 0.6) is 5.75 Å². The summed E-state index contributed by atoms with van der Waals surface area (Å²) < 4.78 is 17.7. The van der Waals surface area contributed by atoms with Crippen LogP contribution in [0.4, 0.5) is 0 Å². The lowest BCUT2D eigenvalue weighted by Crippen LogP contribution is -2.58. The Hall–Kier alpha value is -3.20. The van der Waals surface area contributed by atoms with Gasteiger partial charge in [0.1, 0.15) is 23.7 Å². The van der Waals surface area contributed by atoms with E-state index in [2.05, 4.69) is 4.98 Å². The first-order valence-electron chi connectivity index (χ1n) is 12.0. The van der Waals surface area contributed by atoms with E-state index in [1.54, 1.807) is 40.1 Å². The first kappa shape index (κ1) is 24.5. The monoisotopic (exact) mass is 509 g/mol. The average molecular weight is 510 g/mol. The number of fused-ring (bicyclic) bond motifs is 1. The van der Waals surface area contributed by atoms with E-state index in [-0.39, 0.29) is 38.0 Å². The van der Waals surface area contributed by atoms with E-state index in [9.17, 15) is 9.59 Å². The van der Waals surface area contributed by atoms with Gasteiger partial charge in [0.25, 0.3) is 5.91 Å². The van der Waals surface area contributed by atoms with Crippen LogP contribution in [-0.4, -0.2) is 84.8 Å². The van der Waals surface area contributed by atoms with Gasteiger partial charge in [-0.2, -0.15) is 0 Å². The van der Waals surface area contributed by atoms with Crippen molar-refractivity contribution in [3.05, 3.63) is 71.4 Å². The van der Waals surface area contributed by atoms with Crippen molar-refractivity contribution in [3.8, 4) is 5.75 Å². The molecule has 0 aliphatic carbocycles. The molecule has 1 unspecified atom stereocenters. The van der Waals surface area contributed by atoms with E-state index in [0.717, 1.165) is 10.9 Å². The van der Waals surface area contributed by atoms with Gasteiger partial charge in [-0.3, -0.25) is 9.59 Å². The first-order chi connectivity index (χ1) is 17.5. The van der Waals surface area contributed by atoms with Crippen molar-refractivity contribution in [3.63, 3.8) is 0 Å². The molecule has 0 spiro atoms. The minimum absolute atomic E-state index is 0.0499. The third kappa shape index (κ3) is 5.61. The fourth-order valence-electron chi connectivity index (χ4n) is 4.58. The molecule has 3 heterocycles. The molecular formula is C27H28ClN3O5. The van der Waals surface area contributed by atoms with Crippen molar-refractivity contribution in [2.24, 2.45) is 0 Å². The Morgan fingerprint density at radius 1 is 0.972 bits per heavy atom. The van der Waals surface area contributed by atoms with Gasteiger partial charge in [-0.1, -0.05) is 41.9 Å². The van der Waals surface area contributed by atoms with Crippen molar-refractivity contribution in [2.75, 3.05) is 52.6 Å². The molecule has 5 rings (SSSR count). The van der Waals surface area contributed by atoms with Crippen LogP contribution in [0.25, 0.3) is 10.9 Å². The van der Waals surface area contributed by atoms with Crippen molar-refractivity contribution >= 4 is 34.3 Å². The Balaban J connectivity index is 1.37. The summed E-state index contributed by atoms with van der Waals surface area (Å²) in [6, 6.07) is 18.4. The number of benzene rings is 2. The lowest BCUT2D eigenvalue weighted by molar-refractivity contribution is -0.155. The molecule has 0 saturated carbocycles. The number of nitrogens with zero attached hydrogens (tertiary/aromatic N) is 3. The second-order valence-corrected chi connectivity index (χ2v) is 9.50. The van der Waals surface area contributed by atoms with E-state index in [0.29, 0.717) is 49.3 Å². The number of para-hydroxylation sites is 1. The molecule has 1 aromatic heterocycles. The molecule has 0 N–H and O–H groups in total. The zero-order chi connectivity index (χ0) is 25.0. The van der Waals surface area contributed by atoms with Crippen molar-refractivity contribution in [2.45, 2.75) is 12.0 Å². The van der Waals surface area contributed by atoms with Gasteiger partial charge < -0.3 is 24.0 Å². The maximum absolute atomic E-state index is 13.5. The SMILES string of the molecule is O=C(CC1(COc2cccc(Cl)c2)CN(C(=O)c2ccc3ccccc3n2)CCO1)N1CCOCC1. The Labute approximate surface area is 214 Å². The van der Waals surface area contributed by atoms with Gasteiger partial charge in [0, 0.05) is 30.0 Å². The second-order valence-electron chi connectivity index (χ2n) is 9.06. The summed E-state index contributed by atoms with van der Waals surface area (Å²) in [5.41, 5.74) is 0.108. The molecule has 1 atom stereocenters. The number of pyridine rings is 1. The van der Waals surface area contributed by atoms with Crippen LogP contribution in [0.2, 0.25) is 5.02 Å². The maximum atomic E-state index is 13.5. The van der Waals surface area contributed by atoms with E-state index in [4.69, 9.17) is 25.8 Å². The minimum Gasteiger partial charge on any atom is -0.490 e. The summed E-state index contributed by atoms with van der Waals surface area (Å²) in [5, 5.41) is 1.52. The van der Waals surface area contributed by atoms with Gasteiger partial charge in [0.05, 0.1) is 38.3 Å². The second kappa shape index (κ2) is 10.8. The quantitative estimate of drug-likeness (QED) is 0.506. The predicted octanol–water partition coefficient (Wildman–Crippen LogP) is 3.43. The Morgan fingerprint density at radius 3 is 2.61 bits per heavy atom. The molecule has 188 valence electrons. The molecule has 2 aromatic carbocycles. The molecular weight excluding hydrogens is 482 g/mol. The molecule has 2 aliphatic heterocycles. The molecule has 3 aromatic rings. The van der Waals surface area contributed by atoms with Crippen molar-refractivity contribution < 1.29 is 23.8 Å². The van der Waals surface area contributed by atoms with E-state index in [1.165, 1.54) is 0 Å². The third-order valence-electron chi connectivity index (χ3n) is 6.49. The number of halogens is 1. The first-order valence-corrected chi connectivity index (χ1v) is 12.4. The number of ether oxygens (including phenoxy) is 3. The Bertz CT molecular complexity index is 1250. The number of hydrogen-bond acceptors (Lipinski definition) is 6. The molecule has 0 radical (unpaired) electrons. The normalized spacial score (nSPS) is 20.4. The van der Waals surface area contributed by atoms with Gasteiger partial charge in [0.15, 0.2) is 0 Å². The Kier molecular flexibility index (Phi) is 7.36. The van der Waals surface area contributed by atoms with Crippen LogP contribution < -0.4 is 4.74 Å². The molecule has 9 heteroatoms. The maximum Gasteiger partial charge on any atom is 0.272 e. The van der Waals surface area contributed by atoms with Gasteiger partial charge in [-0.15, -0.1) is 0 Å². The number of amides is 2. The number of hydrogen-bond donors (Lipinski definition) is 0. The van der Waals surface area contributed by atoms with Gasteiger partial charge in [-0.25, -0.2) is 4.98 Å². The molecule has 36 heavy (non-hydrogen) atoms. The van der Waals surface area contributed by atoms with Crippen LogP contribution in [0.1, 0.15) is 16.9 Å². The summed E-state index contributed by atoms with van der Waals surface area (Å²) in [6.45, 7) is 3.08. The number of carbonyl (C=O) groups excluding carboxylic acids is 2. The lowest BCUT2D eigenvalue weighted by atomic mass is 9.96. The van der Waals surface area contributed by atoms with Crippen molar-refractivity contribution in [1.29, 1.82) is 0 Å². The predicted molar refractivity (Wildman–Crippen MR) is 135 cm³/mol. The zero-order valence-corrected chi connectivity index (χ0v) is 20.7. The molecule has 8 nitrogen and oxygen atoms in total. The van der Waals surface area contributed by atoms with E-state index >= 15 is 0 Å². The minimum atomic E-state index is -1.01. The standard InChI is InChI=1S/C27H28ClN3O5/c28-21-5-3-6-22(16-21)35-19-27(17-25(32)30-10-13-34-14-11-30)18-31(12-15-36-27)26(33)24-9-8-20-4-1-2-7-23(20)29-24/h1-9,16H,10-15,17-19H2. The lowest BCUT2D eigenvalue weighted by Gasteiger charge is -2.43. The zero-order valence-electron chi connectivity index (χ0n) is 19.9. The van der Waals surface area contributed by atoms with Gasteiger partial charge in [-0.05, 0) is 30.3 Å². The summed E-state index contributed by atoms with van der Waals surface area (Å²) in [7, 11) is 0. The molecule has 2 amide bonds. The number of carbonyl (C=O) groups is 2. The van der Waals surface area contributed by atoms with E-state index in [1.807, 2.05) is 30.3 Å². The fraction of sp³-hybridized carbons (Fsp3) is 0.370. The van der Waals surface area contributed by atoms with Crippen LogP contribution in [-0.2, 0) is 14.3 Å². The topological polar surface area (TPSA) is 81.2 Å². The highest BCUT2D eigenvalue weighted by Crippen LogP contribution is 2.27. The highest BCUT2D eigenvalue weighted by molar-refractivity contribution is 6.30. The number of morpholine rings is 2. The largest absolute Gasteiger partial charge is 0.490 e. The van der Waals surface area contributed by atoms with Crippen LogP contribution >= 0.6 is 11.6 Å². The number of rotatable bonds is 6. The average Bonchev–Trinajstić information content (AvgIpc) is 2.92. The smallest absolute Gasteiger partial charge is 0.272 e. The summed E-state index contributed by atoms with van der Waals surface area (Å²) in [6.07, 6.45) is 0.0858. The summed E-state index contributed by atoms with van der Waals surface area (Å²) in [4.78, 5) is 34.8. The van der Waals surface area contributed by atoms with Gasteiger partial charge >= 0.3 is 0 Å². The van der Waals surface area contributed by atoms with Crippen LogP contribution in [0.3, 0.4) is 0 Å². The summed E-state index contributed by atoms with van der Waals surface area (Å²) >= 11 is 6.12. The van der Waals surface area contributed by atoms with Gasteiger partial charge in [0.2, 0.25) is 5.91 Å². The molecule has 0 bridgehead atoms. The highest BCUT2D eigenvalue weighted by atomic mass is 35.5. The fourth-order valence-corrected chi connectivity index (χ4v) is 4.76. The number of aromatic nitrogens is 1. The van der Waals surface area contributed by atoms with Crippen molar-refractivity contribution in [1.82, 2.24) is 14.8 Å². The third-order valence-corrected chi connectivity index (χ3v) is 6.72. The Morgan fingerprint density at radius 2 is 1.78 bits per heavy atom. The van der Waals surface area contributed by atoms with E-state index < -0.39 is 5.60 Å².